The van der Waals surface area contributed by atoms with E-state index in [9.17, 15) is 0 Å². The maximum Gasteiger partial charge on any atom is 0.152 e. The molecule has 4 heteroatoms. The first-order chi connectivity index (χ1) is 14.3. The third kappa shape index (κ3) is 3.01. The highest BCUT2D eigenvalue weighted by atomic mass is 14.9. The molecule has 0 bridgehead atoms. The van der Waals surface area contributed by atoms with Gasteiger partial charge in [-0.15, -0.1) is 0 Å². The fourth-order valence-electron chi connectivity index (χ4n) is 4.54. The molecule has 1 atom stereocenters. The van der Waals surface area contributed by atoms with Crippen molar-refractivity contribution < 1.29 is 0 Å². The number of hydrogen-bond donors (Lipinski definition) is 2. The van der Waals surface area contributed by atoms with Crippen LogP contribution in [0.1, 0.15) is 36.8 Å². The van der Waals surface area contributed by atoms with E-state index in [1.165, 1.54) is 21.9 Å². The number of pyridine rings is 1. The van der Waals surface area contributed by atoms with Crippen LogP contribution in [-0.2, 0) is 6.42 Å². The Kier molecular flexibility index (Phi) is 4.39. The van der Waals surface area contributed by atoms with Crippen LogP contribution in [0.25, 0.3) is 32.7 Å². The lowest BCUT2D eigenvalue weighted by molar-refractivity contribution is 0.614. The minimum atomic E-state index is 0.417. The fourth-order valence-corrected chi connectivity index (χ4v) is 4.54. The molecular formula is C25H24N4. The zero-order chi connectivity index (χ0) is 19.8. The largest absolute Gasteiger partial charge is 0.382 e. The summed E-state index contributed by atoms with van der Waals surface area (Å²) < 4.78 is 0. The molecule has 144 valence electrons. The van der Waals surface area contributed by atoms with Gasteiger partial charge in [0.25, 0.3) is 0 Å². The third-order valence-electron chi connectivity index (χ3n) is 5.97. The molecule has 3 N–H and O–H groups in total. The Hall–Kier alpha value is -3.40. The molecule has 0 fully saturated rings. The van der Waals surface area contributed by atoms with Crippen molar-refractivity contribution in [3.8, 4) is 0 Å². The van der Waals surface area contributed by atoms with Crippen LogP contribution in [0.15, 0.2) is 67.0 Å². The number of rotatable bonds is 5. The Bertz CT molecular complexity index is 1300. The standard InChI is InChI=1S/C25H24N4/c1-2-17(13-12-16-8-4-3-5-9-16)21-19-11-7-6-10-18(19)14-20-22(21)23-24(25(26)29-20)28-15-27-23/h3-11,14-15,17H,2,12-13H2,1H3,(H2,26,29)(H,27,28). The Balaban J connectivity index is 1.75. The van der Waals surface area contributed by atoms with Gasteiger partial charge in [0, 0.05) is 5.39 Å². The van der Waals surface area contributed by atoms with Crippen LogP contribution >= 0.6 is 0 Å². The van der Waals surface area contributed by atoms with E-state index in [2.05, 4.69) is 77.6 Å². The van der Waals surface area contributed by atoms with Gasteiger partial charge in [-0.2, -0.15) is 0 Å². The van der Waals surface area contributed by atoms with Gasteiger partial charge in [0.2, 0.25) is 0 Å². The van der Waals surface area contributed by atoms with Crippen LogP contribution in [0.3, 0.4) is 0 Å². The van der Waals surface area contributed by atoms with Gasteiger partial charge in [0.15, 0.2) is 5.82 Å². The van der Waals surface area contributed by atoms with Crippen molar-refractivity contribution in [3.63, 3.8) is 0 Å². The Morgan fingerprint density at radius 3 is 2.66 bits per heavy atom. The molecule has 0 aliphatic rings. The van der Waals surface area contributed by atoms with Gasteiger partial charge in [0.1, 0.15) is 5.52 Å². The summed E-state index contributed by atoms with van der Waals surface area (Å²) in [4.78, 5) is 12.5. The van der Waals surface area contributed by atoms with Gasteiger partial charge in [-0.25, -0.2) is 9.97 Å². The molecule has 2 aromatic heterocycles. The zero-order valence-corrected chi connectivity index (χ0v) is 16.5. The summed E-state index contributed by atoms with van der Waals surface area (Å²) >= 11 is 0. The molecule has 0 radical (unpaired) electrons. The van der Waals surface area contributed by atoms with E-state index in [1.54, 1.807) is 6.33 Å². The molecule has 0 aliphatic heterocycles. The van der Waals surface area contributed by atoms with Crippen LogP contribution in [0, 0.1) is 0 Å². The second-order valence-electron chi connectivity index (χ2n) is 7.66. The summed E-state index contributed by atoms with van der Waals surface area (Å²) in [5.74, 6) is 0.896. The van der Waals surface area contributed by atoms with E-state index in [1.807, 2.05) is 0 Å². The van der Waals surface area contributed by atoms with Gasteiger partial charge in [0.05, 0.1) is 17.4 Å². The monoisotopic (exact) mass is 380 g/mol. The van der Waals surface area contributed by atoms with E-state index in [0.717, 1.165) is 41.2 Å². The lowest BCUT2D eigenvalue weighted by Crippen LogP contribution is -2.04. The smallest absolute Gasteiger partial charge is 0.152 e. The number of nitrogens with zero attached hydrogens (tertiary/aromatic N) is 2. The van der Waals surface area contributed by atoms with Crippen LogP contribution in [0.4, 0.5) is 5.82 Å². The minimum absolute atomic E-state index is 0.417. The number of hydrogen-bond acceptors (Lipinski definition) is 3. The van der Waals surface area contributed by atoms with Crippen LogP contribution < -0.4 is 5.73 Å². The second-order valence-corrected chi connectivity index (χ2v) is 7.66. The van der Waals surface area contributed by atoms with E-state index in [4.69, 9.17) is 10.7 Å². The number of aromatic amines is 1. The van der Waals surface area contributed by atoms with Crippen molar-refractivity contribution in [3.05, 3.63) is 78.1 Å². The van der Waals surface area contributed by atoms with Crippen molar-refractivity contribution in [2.24, 2.45) is 0 Å². The molecule has 0 aliphatic carbocycles. The molecule has 4 nitrogen and oxygen atoms in total. The molecule has 0 amide bonds. The van der Waals surface area contributed by atoms with Crippen molar-refractivity contribution in [2.45, 2.75) is 32.1 Å². The maximum atomic E-state index is 6.21. The summed E-state index contributed by atoms with van der Waals surface area (Å²) in [6.45, 7) is 2.28. The summed E-state index contributed by atoms with van der Waals surface area (Å²) in [5.41, 5.74) is 11.6. The van der Waals surface area contributed by atoms with Crippen LogP contribution in [0.2, 0.25) is 0 Å². The van der Waals surface area contributed by atoms with Crippen molar-refractivity contribution in [1.29, 1.82) is 0 Å². The van der Waals surface area contributed by atoms with Crippen LogP contribution in [0.5, 0.6) is 0 Å². The number of nitrogens with two attached hydrogens (primary N) is 1. The molecule has 2 heterocycles. The molecule has 0 spiro atoms. The average molecular weight is 380 g/mol. The molecule has 0 saturated carbocycles. The normalized spacial score (nSPS) is 12.7. The molecule has 29 heavy (non-hydrogen) atoms. The Labute approximate surface area is 169 Å². The molecule has 5 rings (SSSR count). The summed E-state index contributed by atoms with van der Waals surface area (Å²) in [5, 5.41) is 3.66. The highest BCUT2D eigenvalue weighted by Crippen LogP contribution is 2.40. The summed E-state index contributed by atoms with van der Waals surface area (Å²) in [7, 11) is 0. The van der Waals surface area contributed by atoms with Crippen molar-refractivity contribution >= 4 is 38.5 Å². The molecular weight excluding hydrogens is 356 g/mol. The van der Waals surface area contributed by atoms with E-state index >= 15 is 0 Å². The first-order valence-corrected chi connectivity index (χ1v) is 10.2. The van der Waals surface area contributed by atoms with Gasteiger partial charge >= 0.3 is 0 Å². The molecule has 1 unspecified atom stereocenters. The van der Waals surface area contributed by atoms with Gasteiger partial charge in [-0.3, -0.25) is 0 Å². The number of benzene rings is 3. The SMILES string of the molecule is CCC(CCc1ccccc1)c1c2ccccc2cc2nc(N)c3nc[nH]c3c12. The number of aromatic nitrogens is 3. The second kappa shape index (κ2) is 7.21. The lowest BCUT2D eigenvalue weighted by Gasteiger charge is -2.21. The number of anilines is 1. The highest BCUT2D eigenvalue weighted by Gasteiger charge is 2.21. The minimum Gasteiger partial charge on any atom is -0.382 e. The van der Waals surface area contributed by atoms with Gasteiger partial charge in [-0.1, -0.05) is 61.5 Å². The average Bonchev–Trinajstić information content (AvgIpc) is 3.25. The summed E-state index contributed by atoms with van der Waals surface area (Å²) in [6.07, 6.45) is 4.92. The van der Waals surface area contributed by atoms with E-state index < -0.39 is 0 Å². The quantitative estimate of drug-likeness (QED) is 0.369. The zero-order valence-electron chi connectivity index (χ0n) is 16.5. The number of nitrogen functional groups attached to an aromatic ring is 1. The topological polar surface area (TPSA) is 67.6 Å². The van der Waals surface area contributed by atoms with E-state index in [0.29, 0.717) is 11.7 Å². The summed E-state index contributed by atoms with van der Waals surface area (Å²) in [6, 6.07) is 21.5. The third-order valence-corrected chi connectivity index (χ3v) is 5.97. The van der Waals surface area contributed by atoms with Crippen molar-refractivity contribution in [2.75, 3.05) is 5.73 Å². The molecule has 3 aromatic carbocycles. The molecule has 5 aromatic rings. The van der Waals surface area contributed by atoms with Crippen molar-refractivity contribution in [1.82, 2.24) is 15.0 Å². The van der Waals surface area contributed by atoms with Gasteiger partial charge < -0.3 is 10.7 Å². The first kappa shape index (κ1) is 17.7. The number of aryl methyl sites for hydroxylation is 1. The number of imidazole rings is 1. The highest BCUT2D eigenvalue weighted by molar-refractivity contribution is 6.13. The lowest BCUT2D eigenvalue weighted by atomic mass is 9.84. The van der Waals surface area contributed by atoms with E-state index in [-0.39, 0.29) is 0 Å². The Morgan fingerprint density at radius 1 is 1.03 bits per heavy atom. The predicted molar refractivity (Wildman–Crippen MR) is 121 cm³/mol. The Morgan fingerprint density at radius 2 is 1.83 bits per heavy atom. The van der Waals surface area contributed by atoms with Crippen LogP contribution in [-0.4, -0.2) is 15.0 Å². The number of fused-ring (bicyclic) bond motifs is 4. The maximum absolute atomic E-state index is 6.21. The first-order valence-electron chi connectivity index (χ1n) is 10.2. The fraction of sp³-hybridized carbons (Fsp3) is 0.200. The number of H-pyrrole nitrogens is 1. The predicted octanol–water partition coefficient (Wildman–Crippen LogP) is 5.97. The molecule has 0 saturated heterocycles. The number of nitrogens with one attached hydrogen (secondary N) is 1. The van der Waals surface area contributed by atoms with Gasteiger partial charge in [-0.05, 0) is 53.1 Å².